The molecule has 1 amide bonds. The van der Waals surface area contributed by atoms with Gasteiger partial charge < -0.3 is 14.4 Å². The third-order valence-electron chi connectivity index (χ3n) is 5.45. The van der Waals surface area contributed by atoms with E-state index in [0.717, 1.165) is 42.7 Å². The van der Waals surface area contributed by atoms with Crippen molar-refractivity contribution in [2.24, 2.45) is 5.92 Å². The van der Waals surface area contributed by atoms with Gasteiger partial charge in [-0.3, -0.25) is 4.79 Å². The number of alkyl halides is 3. The van der Waals surface area contributed by atoms with Crippen molar-refractivity contribution in [1.29, 1.82) is 0 Å². The third kappa shape index (κ3) is 4.72. The average Bonchev–Trinajstić information content (AvgIpc) is 3.20. The summed E-state index contributed by atoms with van der Waals surface area (Å²) in [7, 11) is 0. The lowest BCUT2D eigenvalue weighted by atomic mass is 9.98. The fraction of sp³-hybridized carbons (Fsp3) is 0.409. The molecule has 1 unspecified atom stereocenters. The molecule has 2 aliphatic rings. The monoisotopic (exact) mass is 405 g/mol. The maximum Gasteiger partial charge on any atom is 0.416 e. The molecule has 2 aliphatic heterocycles. The summed E-state index contributed by atoms with van der Waals surface area (Å²) in [4.78, 5) is 14.5. The molecule has 0 aromatic heterocycles. The molecular weight excluding hydrogens is 383 g/mol. The largest absolute Gasteiger partial charge is 0.457 e. The molecule has 0 spiro atoms. The van der Waals surface area contributed by atoms with Gasteiger partial charge in [0.25, 0.3) is 0 Å². The summed E-state index contributed by atoms with van der Waals surface area (Å²) >= 11 is 0. The van der Waals surface area contributed by atoms with E-state index in [0.29, 0.717) is 43.5 Å². The van der Waals surface area contributed by atoms with Crippen LogP contribution in [0.15, 0.2) is 42.5 Å². The fourth-order valence-electron chi connectivity index (χ4n) is 3.78. The van der Waals surface area contributed by atoms with Gasteiger partial charge in [-0.1, -0.05) is 6.07 Å². The number of ether oxygens (including phenoxy) is 2. The van der Waals surface area contributed by atoms with Gasteiger partial charge in [0.2, 0.25) is 5.91 Å². The minimum absolute atomic E-state index is 0.139. The highest BCUT2D eigenvalue weighted by molar-refractivity contribution is 5.77. The Kier molecular flexibility index (Phi) is 5.50. The molecule has 0 N–H and O–H groups in total. The SMILES string of the molecule is O=C(CC1CCOC1)N1CCc2ccc(Oc3ccc(C(F)(F)F)cc3)cc2C1. The first-order valence-electron chi connectivity index (χ1n) is 9.71. The zero-order chi connectivity index (χ0) is 20.4. The van der Waals surface area contributed by atoms with E-state index in [9.17, 15) is 18.0 Å². The molecule has 2 aromatic rings. The number of amides is 1. The van der Waals surface area contributed by atoms with Crippen LogP contribution in [0.3, 0.4) is 0 Å². The van der Waals surface area contributed by atoms with Crippen LogP contribution in [-0.2, 0) is 28.7 Å². The van der Waals surface area contributed by atoms with Crippen molar-refractivity contribution in [3.05, 3.63) is 59.2 Å². The molecule has 2 heterocycles. The second-order valence-corrected chi connectivity index (χ2v) is 7.55. The minimum Gasteiger partial charge on any atom is -0.457 e. The zero-order valence-electron chi connectivity index (χ0n) is 15.9. The summed E-state index contributed by atoms with van der Waals surface area (Å²) in [5.41, 5.74) is 1.46. The summed E-state index contributed by atoms with van der Waals surface area (Å²) in [5.74, 6) is 1.32. The normalized spacial score (nSPS) is 19.1. The number of carbonyl (C=O) groups is 1. The van der Waals surface area contributed by atoms with Crippen LogP contribution in [0.4, 0.5) is 13.2 Å². The van der Waals surface area contributed by atoms with Gasteiger partial charge >= 0.3 is 6.18 Å². The summed E-state index contributed by atoms with van der Waals surface area (Å²) in [6.07, 6.45) is -2.15. The van der Waals surface area contributed by atoms with Gasteiger partial charge in [-0.15, -0.1) is 0 Å². The van der Waals surface area contributed by atoms with Crippen molar-refractivity contribution in [1.82, 2.24) is 4.90 Å². The van der Waals surface area contributed by atoms with Crippen LogP contribution < -0.4 is 4.74 Å². The van der Waals surface area contributed by atoms with Crippen LogP contribution in [0.2, 0.25) is 0 Å². The first kappa shape index (κ1) is 19.8. The highest BCUT2D eigenvalue weighted by Crippen LogP contribution is 2.32. The molecule has 0 radical (unpaired) electrons. The van der Waals surface area contributed by atoms with E-state index in [1.54, 1.807) is 0 Å². The van der Waals surface area contributed by atoms with E-state index >= 15 is 0 Å². The van der Waals surface area contributed by atoms with Gasteiger partial charge in [0.05, 0.1) is 5.56 Å². The lowest BCUT2D eigenvalue weighted by molar-refractivity contribution is -0.137. The predicted octanol–water partition coefficient (Wildman–Crippen LogP) is 4.81. The summed E-state index contributed by atoms with van der Waals surface area (Å²) in [6.45, 7) is 2.59. The van der Waals surface area contributed by atoms with Crippen LogP contribution >= 0.6 is 0 Å². The van der Waals surface area contributed by atoms with Crippen LogP contribution in [0.1, 0.15) is 29.5 Å². The maximum atomic E-state index is 12.7. The van der Waals surface area contributed by atoms with Crippen LogP contribution in [0.25, 0.3) is 0 Å². The van der Waals surface area contributed by atoms with Crippen LogP contribution in [0, 0.1) is 5.92 Å². The van der Waals surface area contributed by atoms with Gasteiger partial charge in [-0.25, -0.2) is 0 Å². The molecule has 0 aliphatic carbocycles. The summed E-state index contributed by atoms with van der Waals surface area (Å²) in [6, 6.07) is 10.3. The zero-order valence-corrected chi connectivity index (χ0v) is 15.9. The number of fused-ring (bicyclic) bond motifs is 1. The molecule has 1 atom stereocenters. The summed E-state index contributed by atoms with van der Waals surface area (Å²) in [5, 5.41) is 0. The van der Waals surface area contributed by atoms with Gasteiger partial charge in [0.15, 0.2) is 0 Å². The van der Waals surface area contributed by atoms with Gasteiger partial charge in [0.1, 0.15) is 11.5 Å². The molecule has 29 heavy (non-hydrogen) atoms. The first-order chi connectivity index (χ1) is 13.9. The lowest BCUT2D eigenvalue weighted by Crippen LogP contribution is -2.36. The Bertz CT molecular complexity index is 874. The molecular formula is C22H22F3NO3. The molecule has 1 saturated heterocycles. The van der Waals surface area contributed by atoms with E-state index in [-0.39, 0.29) is 5.91 Å². The smallest absolute Gasteiger partial charge is 0.416 e. The molecule has 4 nitrogen and oxygen atoms in total. The number of benzene rings is 2. The molecule has 154 valence electrons. The number of hydrogen-bond donors (Lipinski definition) is 0. The number of hydrogen-bond acceptors (Lipinski definition) is 3. The molecule has 1 fully saturated rings. The van der Waals surface area contributed by atoms with E-state index in [4.69, 9.17) is 9.47 Å². The van der Waals surface area contributed by atoms with E-state index in [2.05, 4.69) is 0 Å². The second kappa shape index (κ2) is 8.06. The second-order valence-electron chi connectivity index (χ2n) is 7.55. The average molecular weight is 405 g/mol. The van der Waals surface area contributed by atoms with Crippen LogP contribution in [-0.4, -0.2) is 30.6 Å². The molecule has 0 bridgehead atoms. The van der Waals surface area contributed by atoms with E-state index < -0.39 is 11.7 Å². The third-order valence-corrected chi connectivity index (χ3v) is 5.45. The number of carbonyl (C=O) groups excluding carboxylic acids is 1. The highest BCUT2D eigenvalue weighted by atomic mass is 19.4. The van der Waals surface area contributed by atoms with Crippen molar-refractivity contribution in [3.63, 3.8) is 0 Å². The predicted molar refractivity (Wildman–Crippen MR) is 101 cm³/mol. The van der Waals surface area contributed by atoms with Crippen molar-refractivity contribution in [2.75, 3.05) is 19.8 Å². The van der Waals surface area contributed by atoms with Gasteiger partial charge in [0, 0.05) is 32.7 Å². The molecule has 2 aromatic carbocycles. The van der Waals surface area contributed by atoms with Crippen molar-refractivity contribution >= 4 is 5.91 Å². The van der Waals surface area contributed by atoms with Crippen molar-refractivity contribution in [3.8, 4) is 11.5 Å². The van der Waals surface area contributed by atoms with Crippen molar-refractivity contribution in [2.45, 2.75) is 32.0 Å². The number of halogens is 3. The molecule has 7 heteroatoms. The van der Waals surface area contributed by atoms with Gasteiger partial charge in [-0.05, 0) is 66.3 Å². The summed E-state index contributed by atoms with van der Waals surface area (Å²) < 4.78 is 49.1. The maximum absolute atomic E-state index is 12.7. The van der Waals surface area contributed by atoms with E-state index in [1.165, 1.54) is 12.1 Å². The number of nitrogens with zero attached hydrogens (tertiary/aromatic N) is 1. The van der Waals surface area contributed by atoms with Crippen LogP contribution in [0.5, 0.6) is 11.5 Å². The molecule has 4 rings (SSSR count). The van der Waals surface area contributed by atoms with Gasteiger partial charge in [-0.2, -0.15) is 13.2 Å². The first-order valence-corrected chi connectivity index (χ1v) is 9.71. The minimum atomic E-state index is -4.37. The standard InChI is InChI=1S/C22H22F3NO3/c23-22(24,25)18-2-5-19(6-3-18)29-20-4-1-16-7-9-26(13-17(16)12-20)21(27)11-15-8-10-28-14-15/h1-6,12,15H,7-11,13-14H2. The topological polar surface area (TPSA) is 38.8 Å². The Morgan fingerprint density at radius 3 is 2.55 bits per heavy atom. The quantitative estimate of drug-likeness (QED) is 0.733. The Morgan fingerprint density at radius 2 is 1.86 bits per heavy atom. The lowest BCUT2D eigenvalue weighted by Gasteiger charge is -2.30. The highest BCUT2D eigenvalue weighted by Gasteiger charge is 2.30. The Hall–Kier alpha value is -2.54. The number of rotatable bonds is 4. The Morgan fingerprint density at radius 1 is 1.10 bits per heavy atom. The Balaban J connectivity index is 1.42. The van der Waals surface area contributed by atoms with E-state index in [1.807, 2.05) is 23.1 Å². The fourth-order valence-corrected chi connectivity index (χ4v) is 3.78. The van der Waals surface area contributed by atoms with Crippen molar-refractivity contribution < 1.29 is 27.4 Å². The Labute approximate surface area is 167 Å². The molecule has 0 saturated carbocycles.